The third kappa shape index (κ3) is 3.57. The first-order valence-corrected chi connectivity index (χ1v) is 6.51. The molecule has 17 heavy (non-hydrogen) atoms. The molecule has 5 heteroatoms. The van der Waals surface area contributed by atoms with Crippen LogP contribution in [0.5, 0.6) is 0 Å². The van der Waals surface area contributed by atoms with Gasteiger partial charge >= 0.3 is 0 Å². The first-order chi connectivity index (χ1) is 8.25. The normalized spacial score (nSPS) is 11.0. The fourth-order valence-electron chi connectivity index (χ4n) is 1.40. The Labute approximate surface area is 105 Å². The predicted molar refractivity (Wildman–Crippen MR) is 69.7 cm³/mol. The molecule has 4 nitrogen and oxygen atoms in total. The van der Waals surface area contributed by atoms with E-state index in [-0.39, 0.29) is 0 Å². The molecule has 0 radical (unpaired) electrons. The Morgan fingerprint density at radius 3 is 2.94 bits per heavy atom. The van der Waals surface area contributed by atoms with Crippen LogP contribution < -0.4 is 5.32 Å². The van der Waals surface area contributed by atoms with Gasteiger partial charge in [-0.1, -0.05) is 25.2 Å². The molecule has 0 aliphatic carbocycles. The Balaban J connectivity index is 1.97. The summed E-state index contributed by atoms with van der Waals surface area (Å²) in [6.07, 6.45) is 3.57. The molecule has 2 aromatic heterocycles. The van der Waals surface area contributed by atoms with Crippen LogP contribution in [0.1, 0.15) is 18.9 Å². The standard InChI is InChI=1S/C12H16N4S/c1-9(2)6-14-8-11-15-16-12(17-11)10-4-3-5-13-7-10/h3-5,7,9,14H,6,8H2,1-2H3. The molecule has 0 fully saturated rings. The summed E-state index contributed by atoms with van der Waals surface area (Å²) in [5, 5.41) is 13.6. The van der Waals surface area contributed by atoms with Crippen molar-refractivity contribution in [1.82, 2.24) is 20.5 Å². The lowest BCUT2D eigenvalue weighted by Crippen LogP contribution is -2.18. The molecule has 2 aromatic rings. The van der Waals surface area contributed by atoms with E-state index in [2.05, 4.69) is 34.3 Å². The first-order valence-electron chi connectivity index (χ1n) is 5.69. The van der Waals surface area contributed by atoms with Gasteiger partial charge in [-0.2, -0.15) is 0 Å². The maximum atomic E-state index is 4.17. The van der Waals surface area contributed by atoms with Gasteiger partial charge in [0.05, 0.1) is 0 Å². The Hall–Kier alpha value is -1.33. The van der Waals surface area contributed by atoms with Gasteiger partial charge in [0.2, 0.25) is 0 Å². The fraction of sp³-hybridized carbons (Fsp3) is 0.417. The Morgan fingerprint density at radius 1 is 1.35 bits per heavy atom. The zero-order valence-electron chi connectivity index (χ0n) is 10.1. The number of hydrogen-bond acceptors (Lipinski definition) is 5. The number of rotatable bonds is 5. The van der Waals surface area contributed by atoms with E-state index in [4.69, 9.17) is 0 Å². The molecule has 0 saturated carbocycles. The van der Waals surface area contributed by atoms with Crippen molar-refractivity contribution in [2.45, 2.75) is 20.4 Å². The minimum absolute atomic E-state index is 0.653. The van der Waals surface area contributed by atoms with Crippen LogP contribution in [0.2, 0.25) is 0 Å². The third-order valence-corrected chi connectivity index (χ3v) is 3.18. The number of pyridine rings is 1. The zero-order valence-corrected chi connectivity index (χ0v) is 10.9. The summed E-state index contributed by atoms with van der Waals surface area (Å²) in [5.74, 6) is 0.653. The van der Waals surface area contributed by atoms with Gasteiger partial charge in [0, 0.05) is 24.5 Å². The topological polar surface area (TPSA) is 50.7 Å². The molecule has 90 valence electrons. The van der Waals surface area contributed by atoms with Gasteiger partial charge in [0.1, 0.15) is 10.0 Å². The van der Waals surface area contributed by atoms with Gasteiger partial charge in [-0.3, -0.25) is 4.98 Å². The largest absolute Gasteiger partial charge is 0.310 e. The Bertz CT molecular complexity index is 453. The van der Waals surface area contributed by atoms with Gasteiger partial charge in [0.25, 0.3) is 0 Å². The van der Waals surface area contributed by atoms with Crippen LogP contribution in [0.4, 0.5) is 0 Å². The van der Waals surface area contributed by atoms with E-state index >= 15 is 0 Å². The molecule has 0 atom stereocenters. The first kappa shape index (κ1) is 12.1. The van der Waals surface area contributed by atoms with Crippen LogP contribution in [-0.4, -0.2) is 21.7 Å². The highest BCUT2D eigenvalue weighted by atomic mass is 32.1. The van der Waals surface area contributed by atoms with E-state index in [1.54, 1.807) is 17.5 Å². The molecular weight excluding hydrogens is 232 g/mol. The summed E-state index contributed by atoms with van der Waals surface area (Å²) in [4.78, 5) is 4.08. The Kier molecular flexibility index (Phi) is 4.17. The van der Waals surface area contributed by atoms with E-state index in [1.165, 1.54) is 0 Å². The summed E-state index contributed by atoms with van der Waals surface area (Å²) in [6.45, 7) is 6.17. The van der Waals surface area contributed by atoms with Crippen LogP contribution in [0.15, 0.2) is 24.5 Å². The SMILES string of the molecule is CC(C)CNCc1nnc(-c2cccnc2)s1. The predicted octanol–water partition coefficient (Wildman–Crippen LogP) is 2.35. The number of aromatic nitrogens is 3. The van der Waals surface area contributed by atoms with Gasteiger partial charge in [0.15, 0.2) is 0 Å². The van der Waals surface area contributed by atoms with Gasteiger partial charge < -0.3 is 5.32 Å². The fourth-order valence-corrected chi connectivity index (χ4v) is 2.20. The molecule has 2 rings (SSSR count). The molecule has 0 aromatic carbocycles. The quantitative estimate of drug-likeness (QED) is 0.882. The molecule has 0 aliphatic heterocycles. The number of nitrogens with one attached hydrogen (secondary N) is 1. The molecule has 0 amide bonds. The van der Waals surface area contributed by atoms with Crippen molar-refractivity contribution >= 4 is 11.3 Å². The highest BCUT2D eigenvalue weighted by molar-refractivity contribution is 7.14. The molecule has 0 aliphatic rings. The smallest absolute Gasteiger partial charge is 0.149 e. The van der Waals surface area contributed by atoms with Crippen LogP contribution in [0.25, 0.3) is 10.6 Å². The van der Waals surface area contributed by atoms with Gasteiger partial charge in [-0.05, 0) is 24.6 Å². The maximum Gasteiger partial charge on any atom is 0.149 e. The monoisotopic (exact) mass is 248 g/mol. The lowest BCUT2D eigenvalue weighted by Gasteiger charge is -2.03. The minimum Gasteiger partial charge on any atom is -0.310 e. The minimum atomic E-state index is 0.653. The number of nitrogens with zero attached hydrogens (tertiary/aromatic N) is 3. The maximum absolute atomic E-state index is 4.17. The molecule has 2 heterocycles. The molecule has 0 bridgehead atoms. The van der Waals surface area contributed by atoms with Crippen LogP contribution >= 0.6 is 11.3 Å². The average Bonchev–Trinajstić information content (AvgIpc) is 2.78. The molecular formula is C12H16N4S. The highest BCUT2D eigenvalue weighted by Gasteiger charge is 2.06. The highest BCUT2D eigenvalue weighted by Crippen LogP contribution is 2.21. The second kappa shape index (κ2) is 5.84. The van der Waals surface area contributed by atoms with E-state index in [0.717, 1.165) is 28.7 Å². The molecule has 0 saturated heterocycles. The van der Waals surface area contributed by atoms with Crippen molar-refractivity contribution in [3.63, 3.8) is 0 Å². The van der Waals surface area contributed by atoms with Crippen molar-refractivity contribution in [3.8, 4) is 10.6 Å². The van der Waals surface area contributed by atoms with E-state index in [1.807, 2.05) is 18.3 Å². The lowest BCUT2D eigenvalue weighted by molar-refractivity contribution is 0.550. The summed E-state index contributed by atoms with van der Waals surface area (Å²) >= 11 is 1.61. The Morgan fingerprint density at radius 2 is 2.24 bits per heavy atom. The summed E-state index contributed by atoms with van der Waals surface area (Å²) in [7, 11) is 0. The van der Waals surface area contributed by atoms with Crippen molar-refractivity contribution in [3.05, 3.63) is 29.5 Å². The van der Waals surface area contributed by atoms with E-state index in [0.29, 0.717) is 5.92 Å². The number of hydrogen-bond donors (Lipinski definition) is 1. The van der Waals surface area contributed by atoms with Gasteiger partial charge in [-0.25, -0.2) is 0 Å². The third-order valence-electron chi connectivity index (χ3n) is 2.20. The lowest BCUT2D eigenvalue weighted by atomic mass is 10.2. The van der Waals surface area contributed by atoms with E-state index < -0.39 is 0 Å². The van der Waals surface area contributed by atoms with Crippen LogP contribution in [0, 0.1) is 5.92 Å². The van der Waals surface area contributed by atoms with Crippen molar-refractivity contribution in [2.75, 3.05) is 6.54 Å². The van der Waals surface area contributed by atoms with E-state index in [9.17, 15) is 0 Å². The molecule has 0 unspecified atom stereocenters. The van der Waals surface area contributed by atoms with Crippen molar-refractivity contribution < 1.29 is 0 Å². The van der Waals surface area contributed by atoms with Crippen molar-refractivity contribution in [1.29, 1.82) is 0 Å². The van der Waals surface area contributed by atoms with Crippen molar-refractivity contribution in [2.24, 2.45) is 5.92 Å². The summed E-state index contributed by atoms with van der Waals surface area (Å²) in [5.41, 5.74) is 1.03. The summed E-state index contributed by atoms with van der Waals surface area (Å²) in [6, 6.07) is 3.91. The zero-order chi connectivity index (χ0) is 12.1. The average molecular weight is 248 g/mol. The molecule has 1 N–H and O–H groups in total. The molecule has 0 spiro atoms. The van der Waals surface area contributed by atoms with Crippen LogP contribution in [0.3, 0.4) is 0 Å². The second-order valence-electron chi connectivity index (χ2n) is 4.27. The van der Waals surface area contributed by atoms with Gasteiger partial charge in [-0.15, -0.1) is 10.2 Å². The second-order valence-corrected chi connectivity index (χ2v) is 5.33. The van der Waals surface area contributed by atoms with Crippen LogP contribution in [-0.2, 0) is 6.54 Å². The summed E-state index contributed by atoms with van der Waals surface area (Å²) < 4.78 is 0.